The van der Waals surface area contributed by atoms with Crippen molar-refractivity contribution in [1.82, 2.24) is 4.31 Å². The molecule has 6 nitrogen and oxygen atoms in total. The third-order valence-electron chi connectivity index (χ3n) is 3.55. The van der Waals surface area contributed by atoms with Gasteiger partial charge in [0.2, 0.25) is 10.0 Å². The second-order valence-electron chi connectivity index (χ2n) is 5.70. The number of hydrogen-bond acceptors (Lipinski definition) is 5. The minimum absolute atomic E-state index is 0.0709. The highest BCUT2D eigenvalue weighted by atomic mass is 32.2. The summed E-state index contributed by atoms with van der Waals surface area (Å²) in [6.45, 7) is -6.21. The lowest BCUT2D eigenvalue weighted by molar-refractivity contribution is -0.0539. The molecular weight excluding hydrogens is 404 g/mol. The quantitative estimate of drug-likeness (QED) is 0.624. The Kier molecular flexibility index (Phi) is 7.08. The summed E-state index contributed by atoms with van der Waals surface area (Å²) in [6.07, 6.45) is 0. The van der Waals surface area contributed by atoms with E-state index in [0.29, 0.717) is 5.56 Å². The van der Waals surface area contributed by atoms with Crippen LogP contribution in [0.15, 0.2) is 47.4 Å². The van der Waals surface area contributed by atoms with E-state index in [4.69, 9.17) is 0 Å². The van der Waals surface area contributed by atoms with Crippen molar-refractivity contribution < 1.29 is 35.5 Å². The topological polar surface area (TPSA) is 67.9 Å². The Bertz CT molecular complexity index is 908. The summed E-state index contributed by atoms with van der Waals surface area (Å²) < 4.78 is 83.8. The van der Waals surface area contributed by atoms with Crippen LogP contribution in [-0.2, 0) is 16.6 Å². The Morgan fingerprint density at radius 3 is 2.29 bits per heavy atom. The van der Waals surface area contributed by atoms with E-state index in [1.807, 2.05) is 0 Å². The maximum absolute atomic E-state index is 12.6. The number of halogens is 4. The van der Waals surface area contributed by atoms with Crippen LogP contribution in [-0.4, -0.2) is 40.0 Å². The minimum Gasteiger partial charge on any atom is -0.435 e. The molecule has 0 unspecified atom stereocenters. The van der Waals surface area contributed by atoms with Crippen molar-refractivity contribution in [2.24, 2.45) is 0 Å². The first-order chi connectivity index (χ1) is 13.1. The van der Waals surface area contributed by atoms with Gasteiger partial charge in [0.25, 0.3) is 0 Å². The molecule has 0 aliphatic rings. The van der Waals surface area contributed by atoms with Crippen molar-refractivity contribution in [2.75, 3.05) is 19.4 Å². The van der Waals surface area contributed by atoms with E-state index in [9.17, 15) is 26.0 Å². The number of anilines is 1. The first-order valence-corrected chi connectivity index (χ1v) is 9.32. The Morgan fingerprint density at radius 1 is 1.00 bits per heavy atom. The van der Waals surface area contributed by atoms with Crippen LogP contribution >= 0.6 is 0 Å². The molecule has 0 spiro atoms. The van der Waals surface area contributed by atoms with Gasteiger partial charge in [-0.25, -0.2) is 12.7 Å². The van der Waals surface area contributed by atoms with Crippen molar-refractivity contribution in [3.63, 3.8) is 0 Å². The molecule has 0 aromatic heterocycles. The van der Waals surface area contributed by atoms with Gasteiger partial charge in [-0.05, 0) is 29.8 Å². The summed E-state index contributed by atoms with van der Waals surface area (Å²) >= 11 is 0. The van der Waals surface area contributed by atoms with Gasteiger partial charge in [-0.1, -0.05) is 12.1 Å². The molecule has 1 N–H and O–H groups in total. The molecule has 0 aliphatic heterocycles. The summed E-state index contributed by atoms with van der Waals surface area (Å²) in [6, 6.07) is 9.38. The van der Waals surface area contributed by atoms with Crippen molar-refractivity contribution in [3.05, 3.63) is 48.0 Å². The molecule has 154 valence electrons. The molecule has 0 amide bonds. The average Bonchev–Trinajstić information content (AvgIpc) is 2.60. The van der Waals surface area contributed by atoms with Crippen LogP contribution in [0, 0.1) is 0 Å². The predicted molar refractivity (Wildman–Crippen MR) is 94.3 cm³/mol. The zero-order valence-corrected chi connectivity index (χ0v) is 15.7. The van der Waals surface area contributed by atoms with E-state index < -0.39 is 23.2 Å². The van der Waals surface area contributed by atoms with Gasteiger partial charge in [-0.15, -0.1) is 0 Å². The first kappa shape index (κ1) is 21.8. The molecule has 11 heteroatoms. The fraction of sp³-hybridized carbons (Fsp3) is 0.294. The third kappa shape index (κ3) is 5.73. The van der Waals surface area contributed by atoms with E-state index in [-0.39, 0.29) is 28.6 Å². The van der Waals surface area contributed by atoms with Gasteiger partial charge in [-0.2, -0.15) is 17.6 Å². The number of nitrogens with one attached hydrogen (secondary N) is 1. The fourth-order valence-electron chi connectivity index (χ4n) is 2.24. The van der Waals surface area contributed by atoms with E-state index in [1.165, 1.54) is 38.4 Å². The maximum atomic E-state index is 12.6. The van der Waals surface area contributed by atoms with Crippen molar-refractivity contribution >= 4 is 15.7 Å². The summed E-state index contributed by atoms with van der Waals surface area (Å²) in [5, 5.41) is 2.81. The number of rotatable bonds is 9. The highest BCUT2D eigenvalue weighted by molar-refractivity contribution is 7.89. The molecule has 0 saturated heterocycles. The van der Waals surface area contributed by atoms with Gasteiger partial charge >= 0.3 is 13.2 Å². The van der Waals surface area contributed by atoms with Crippen LogP contribution in [0.3, 0.4) is 0 Å². The zero-order valence-electron chi connectivity index (χ0n) is 14.9. The van der Waals surface area contributed by atoms with Crippen molar-refractivity contribution in [1.29, 1.82) is 0 Å². The standard InChI is InChI=1S/C17H18F4N2O4S/c1-23(2)28(24,25)13-5-3-4-11(8-13)10-22-14-7-6-12(26-16(18)19)9-15(14)27-17(20)21/h3-9,16-17,22H,10H2,1-2H3. The second-order valence-corrected chi connectivity index (χ2v) is 7.86. The number of nitrogens with zero attached hydrogens (tertiary/aromatic N) is 1. The number of ether oxygens (including phenoxy) is 2. The van der Waals surface area contributed by atoms with E-state index >= 15 is 0 Å². The van der Waals surface area contributed by atoms with E-state index in [1.54, 1.807) is 12.1 Å². The molecule has 2 aromatic rings. The van der Waals surface area contributed by atoms with Crippen LogP contribution in [0.4, 0.5) is 23.2 Å². The minimum atomic E-state index is -3.63. The van der Waals surface area contributed by atoms with Crippen molar-refractivity contribution in [3.8, 4) is 11.5 Å². The predicted octanol–water partition coefficient (Wildman–Crippen LogP) is 3.75. The molecule has 0 aliphatic carbocycles. The molecule has 0 bridgehead atoms. The number of benzene rings is 2. The van der Waals surface area contributed by atoms with Crippen LogP contribution in [0.25, 0.3) is 0 Å². The van der Waals surface area contributed by atoms with Gasteiger partial charge in [0.15, 0.2) is 5.75 Å². The Balaban J connectivity index is 2.22. The number of sulfonamides is 1. The molecule has 28 heavy (non-hydrogen) atoms. The average molecular weight is 422 g/mol. The lowest BCUT2D eigenvalue weighted by Crippen LogP contribution is -2.22. The molecule has 2 aromatic carbocycles. The van der Waals surface area contributed by atoms with E-state index in [2.05, 4.69) is 14.8 Å². The zero-order chi connectivity index (χ0) is 20.9. The summed E-state index contributed by atoms with van der Waals surface area (Å²) in [4.78, 5) is 0.0709. The highest BCUT2D eigenvalue weighted by Gasteiger charge is 2.17. The summed E-state index contributed by atoms with van der Waals surface area (Å²) in [5.41, 5.74) is 0.654. The monoisotopic (exact) mass is 422 g/mol. The lowest BCUT2D eigenvalue weighted by Gasteiger charge is -2.15. The SMILES string of the molecule is CN(C)S(=O)(=O)c1cccc(CNc2ccc(OC(F)F)cc2OC(F)F)c1. The van der Waals surface area contributed by atoms with Gasteiger partial charge < -0.3 is 14.8 Å². The molecule has 0 saturated carbocycles. The molecule has 0 fully saturated rings. The molecular formula is C17H18F4N2O4S. The molecule has 0 atom stereocenters. The van der Waals surface area contributed by atoms with Crippen LogP contribution in [0.5, 0.6) is 11.5 Å². The largest absolute Gasteiger partial charge is 0.435 e. The Morgan fingerprint density at radius 2 is 1.68 bits per heavy atom. The fourth-order valence-corrected chi connectivity index (χ4v) is 3.21. The van der Waals surface area contributed by atoms with Crippen molar-refractivity contribution in [2.45, 2.75) is 24.7 Å². The Labute approximate surface area is 159 Å². The van der Waals surface area contributed by atoms with Crippen LogP contribution < -0.4 is 14.8 Å². The third-order valence-corrected chi connectivity index (χ3v) is 5.37. The number of hydrogen-bond donors (Lipinski definition) is 1. The molecule has 0 radical (unpaired) electrons. The summed E-state index contributed by atoms with van der Waals surface area (Å²) in [5.74, 6) is -0.722. The smallest absolute Gasteiger partial charge is 0.387 e. The maximum Gasteiger partial charge on any atom is 0.387 e. The first-order valence-electron chi connectivity index (χ1n) is 7.88. The second kappa shape index (κ2) is 9.11. The van der Waals surface area contributed by atoms with E-state index in [0.717, 1.165) is 10.4 Å². The molecule has 2 rings (SSSR count). The summed E-state index contributed by atoms with van der Waals surface area (Å²) in [7, 11) is -0.829. The molecule has 0 heterocycles. The van der Waals surface area contributed by atoms with Gasteiger partial charge in [0, 0.05) is 26.7 Å². The van der Waals surface area contributed by atoms with Gasteiger partial charge in [0.05, 0.1) is 10.6 Å². The van der Waals surface area contributed by atoms with Gasteiger partial charge in [0.1, 0.15) is 5.75 Å². The van der Waals surface area contributed by atoms with Gasteiger partial charge in [-0.3, -0.25) is 0 Å². The Hall–Kier alpha value is -2.53. The van der Waals surface area contributed by atoms with Crippen LogP contribution in [0.1, 0.15) is 5.56 Å². The number of alkyl halides is 4. The lowest BCUT2D eigenvalue weighted by atomic mass is 10.2. The highest BCUT2D eigenvalue weighted by Crippen LogP contribution is 2.32. The van der Waals surface area contributed by atoms with Crippen LogP contribution in [0.2, 0.25) is 0 Å². The normalized spacial score (nSPS) is 11.9.